The van der Waals surface area contributed by atoms with Crippen molar-refractivity contribution in [1.82, 2.24) is 4.90 Å². The summed E-state index contributed by atoms with van der Waals surface area (Å²) in [6.07, 6.45) is 2.18. The van der Waals surface area contributed by atoms with E-state index in [0.29, 0.717) is 13.0 Å². The summed E-state index contributed by atoms with van der Waals surface area (Å²) in [7, 11) is 1.76. The molecule has 2 heterocycles. The third kappa shape index (κ3) is 2.74. The van der Waals surface area contributed by atoms with Crippen LogP contribution in [0.2, 0.25) is 0 Å². The number of fused-ring (bicyclic) bond motifs is 1. The van der Waals surface area contributed by atoms with Crippen LogP contribution in [0.25, 0.3) is 0 Å². The van der Waals surface area contributed by atoms with Gasteiger partial charge in [0.25, 0.3) is 0 Å². The molecule has 120 valence electrons. The number of nitrogens with zero attached hydrogens (tertiary/aromatic N) is 2. The van der Waals surface area contributed by atoms with Crippen molar-refractivity contribution >= 4 is 17.5 Å². The predicted molar refractivity (Wildman–Crippen MR) is 87.0 cm³/mol. The number of carbonyl (C=O) groups is 2. The number of anilines is 1. The molecule has 0 saturated carbocycles. The highest BCUT2D eigenvalue weighted by Crippen LogP contribution is 2.33. The van der Waals surface area contributed by atoms with Crippen LogP contribution in [-0.2, 0) is 22.6 Å². The molecule has 1 aliphatic heterocycles. The second-order valence-corrected chi connectivity index (χ2v) is 5.93. The lowest BCUT2D eigenvalue weighted by molar-refractivity contribution is -0.133. The van der Waals surface area contributed by atoms with Gasteiger partial charge in [-0.3, -0.25) is 14.5 Å². The van der Waals surface area contributed by atoms with Crippen LogP contribution in [0, 0.1) is 6.92 Å². The Morgan fingerprint density at radius 2 is 2.04 bits per heavy atom. The molecule has 23 heavy (non-hydrogen) atoms. The van der Waals surface area contributed by atoms with Crippen LogP contribution in [0.5, 0.6) is 0 Å². The van der Waals surface area contributed by atoms with Gasteiger partial charge in [0, 0.05) is 38.2 Å². The number of hydrogen-bond donors (Lipinski definition) is 0. The van der Waals surface area contributed by atoms with Gasteiger partial charge in [-0.05, 0) is 24.6 Å². The topological polar surface area (TPSA) is 53.8 Å². The average molecular weight is 312 g/mol. The number of carbonyl (C=O) groups excluding carboxylic acids is 2. The molecule has 5 heteroatoms. The van der Waals surface area contributed by atoms with Crippen LogP contribution in [-0.4, -0.2) is 29.8 Å². The maximum atomic E-state index is 12.9. The van der Waals surface area contributed by atoms with Gasteiger partial charge in [0.05, 0.1) is 6.26 Å². The van der Waals surface area contributed by atoms with Crippen LogP contribution in [0.15, 0.2) is 41.0 Å². The highest BCUT2D eigenvalue weighted by molar-refractivity contribution is 6.02. The molecule has 0 saturated heterocycles. The Kier molecular flexibility index (Phi) is 3.94. The molecule has 0 unspecified atom stereocenters. The third-order valence-electron chi connectivity index (χ3n) is 4.35. The fourth-order valence-corrected chi connectivity index (χ4v) is 3.14. The zero-order valence-electron chi connectivity index (χ0n) is 13.6. The second-order valence-electron chi connectivity index (χ2n) is 5.93. The maximum absolute atomic E-state index is 12.9. The molecule has 1 atom stereocenters. The van der Waals surface area contributed by atoms with E-state index in [1.165, 1.54) is 6.92 Å². The van der Waals surface area contributed by atoms with Crippen molar-refractivity contribution in [3.63, 3.8) is 0 Å². The SMILES string of the molecule is CC(=O)N1c2ccccc2C[C@H]1C(=O)N(C)Cc1ccoc1C. The van der Waals surface area contributed by atoms with Gasteiger partial charge in [0.1, 0.15) is 11.8 Å². The van der Waals surface area contributed by atoms with E-state index in [2.05, 4.69) is 0 Å². The molecule has 0 bridgehead atoms. The van der Waals surface area contributed by atoms with E-state index in [0.717, 1.165) is 22.6 Å². The van der Waals surface area contributed by atoms with Gasteiger partial charge in [-0.2, -0.15) is 0 Å². The van der Waals surface area contributed by atoms with E-state index >= 15 is 0 Å². The monoisotopic (exact) mass is 312 g/mol. The zero-order chi connectivity index (χ0) is 16.6. The van der Waals surface area contributed by atoms with Gasteiger partial charge < -0.3 is 9.32 Å². The van der Waals surface area contributed by atoms with Crippen molar-refractivity contribution in [3.8, 4) is 0 Å². The summed E-state index contributed by atoms with van der Waals surface area (Å²) < 4.78 is 5.28. The van der Waals surface area contributed by atoms with Gasteiger partial charge in [-0.15, -0.1) is 0 Å². The van der Waals surface area contributed by atoms with Gasteiger partial charge in [-0.1, -0.05) is 18.2 Å². The number of amides is 2. The van der Waals surface area contributed by atoms with Gasteiger partial charge in [0.2, 0.25) is 11.8 Å². The van der Waals surface area contributed by atoms with Gasteiger partial charge in [-0.25, -0.2) is 0 Å². The van der Waals surface area contributed by atoms with E-state index in [1.807, 2.05) is 37.3 Å². The molecule has 2 aromatic rings. The fraction of sp³-hybridized carbons (Fsp3) is 0.333. The molecule has 0 fully saturated rings. The van der Waals surface area contributed by atoms with Crippen molar-refractivity contribution in [2.75, 3.05) is 11.9 Å². The van der Waals surface area contributed by atoms with Crippen molar-refractivity contribution in [2.24, 2.45) is 0 Å². The van der Waals surface area contributed by atoms with Crippen molar-refractivity contribution in [2.45, 2.75) is 32.9 Å². The highest BCUT2D eigenvalue weighted by Gasteiger charge is 2.38. The lowest BCUT2D eigenvalue weighted by Crippen LogP contribution is -2.47. The summed E-state index contributed by atoms with van der Waals surface area (Å²) in [5.74, 6) is 0.640. The van der Waals surface area contributed by atoms with E-state index in [1.54, 1.807) is 23.1 Å². The predicted octanol–water partition coefficient (Wildman–Crippen LogP) is 2.52. The molecular formula is C18H20N2O3. The summed E-state index contributed by atoms with van der Waals surface area (Å²) in [5.41, 5.74) is 2.85. The first-order valence-corrected chi connectivity index (χ1v) is 7.64. The standard InChI is InChI=1S/C18H20N2O3/c1-12-15(8-9-23-12)11-19(3)18(22)17-10-14-6-4-5-7-16(14)20(17)13(2)21/h4-9,17H,10-11H2,1-3H3/t17-/m0/s1. The lowest BCUT2D eigenvalue weighted by atomic mass is 10.1. The Hall–Kier alpha value is -2.56. The fourth-order valence-electron chi connectivity index (χ4n) is 3.14. The lowest BCUT2D eigenvalue weighted by Gasteiger charge is -2.27. The second kappa shape index (κ2) is 5.91. The van der Waals surface area contributed by atoms with Crippen molar-refractivity contribution in [1.29, 1.82) is 0 Å². The minimum atomic E-state index is -0.470. The Bertz CT molecular complexity index is 750. The van der Waals surface area contributed by atoms with E-state index in [9.17, 15) is 9.59 Å². The minimum Gasteiger partial charge on any atom is -0.469 e. The molecule has 0 radical (unpaired) electrons. The normalized spacial score (nSPS) is 16.3. The van der Waals surface area contributed by atoms with E-state index < -0.39 is 6.04 Å². The number of para-hydroxylation sites is 1. The Morgan fingerprint density at radius 1 is 1.30 bits per heavy atom. The molecule has 1 aliphatic rings. The van der Waals surface area contributed by atoms with E-state index in [-0.39, 0.29) is 11.8 Å². The summed E-state index contributed by atoms with van der Waals surface area (Å²) in [6, 6.07) is 9.08. The molecule has 1 aromatic carbocycles. The maximum Gasteiger partial charge on any atom is 0.246 e. The highest BCUT2D eigenvalue weighted by atomic mass is 16.3. The van der Waals surface area contributed by atoms with Crippen LogP contribution in [0.3, 0.4) is 0 Å². The molecule has 1 aromatic heterocycles. The first-order valence-electron chi connectivity index (χ1n) is 7.64. The Morgan fingerprint density at radius 3 is 2.70 bits per heavy atom. The smallest absolute Gasteiger partial charge is 0.246 e. The minimum absolute atomic E-state index is 0.0583. The summed E-state index contributed by atoms with van der Waals surface area (Å²) >= 11 is 0. The molecule has 0 aliphatic carbocycles. The number of furan rings is 1. The van der Waals surface area contributed by atoms with Crippen LogP contribution in [0.4, 0.5) is 5.69 Å². The van der Waals surface area contributed by atoms with Crippen LogP contribution in [0.1, 0.15) is 23.8 Å². The molecular weight excluding hydrogens is 292 g/mol. The number of likely N-dealkylation sites (N-methyl/N-ethyl adjacent to an activating group) is 1. The molecule has 2 amide bonds. The Labute approximate surface area is 135 Å². The summed E-state index contributed by atoms with van der Waals surface area (Å²) in [5, 5.41) is 0. The first-order chi connectivity index (χ1) is 11.0. The first kappa shape index (κ1) is 15.3. The molecule has 3 rings (SSSR count). The van der Waals surface area contributed by atoms with Crippen molar-refractivity contribution in [3.05, 3.63) is 53.5 Å². The average Bonchev–Trinajstić information content (AvgIpc) is 3.10. The summed E-state index contributed by atoms with van der Waals surface area (Å²) in [6.45, 7) is 3.85. The Balaban J connectivity index is 1.82. The quantitative estimate of drug-likeness (QED) is 0.875. The third-order valence-corrected chi connectivity index (χ3v) is 4.35. The van der Waals surface area contributed by atoms with E-state index in [4.69, 9.17) is 4.42 Å². The molecule has 0 N–H and O–H groups in total. The number of benzene rings is 1. The van der Waals surface area contributed by atoms with Crippen LogP contribution < -0.4 is 4.90 Å². The van der Waals surface area contributed by atoms with Gasteiger partial charge in [0.15, 0.2) is 0 Å². The summed E-state index contributed by atoms with van der Waals surface area (Å²) in [4.78, 5) is 28.2. The van der Waals surface area contributed by atoms with Crippen molar-refractivity contribution < 1.29 is 14.0 Å². The van der Waals surface area contributed by atoms with Gasteiger partial charge >= 0.3 is 0 Å². The largest absolute Gasteiger partial charge is 0.469 e. The molecule has 5 nitrogen and oxygen atoms in total. The molecule has 0 spiro atoms. The number of hydrogen-bond acceptors (Lipinski definition) is 3. The van der Waals surface area contributed by atoms with Crippen LogP contribution >= 0.6 is 0 Å². The number of aryl methyl sites for hydroxylation is 1. The number of rotatable bonds is 3. The zero-order valence-corrected chi connectivity index (χ0v) is 13.6.